The lowest BCUT2D eigenvalue weighted by atomic mass is 10.3. The van der Waals surface area contributed by atoms with Crippen LogP contribution in [0.4, 0.5) is 5.82 Å². The third-order valence-electron chi connectivity index (χ3n) is 1.95. The van der Waals surface area contributed by atoms with Crippen LogP contribution in [-0.2, 0) is 6.54 Å². The average Bonchev–Trinajstić information content (AvgIpc) is 2.71. The summed E-state index contributed by atoms with van der Waals surface area (Å²) in [5.41, 5.74) is 1.00. The molecule has 0 unspecified atom stereocenters. The van der Waals surface area contributed by atoms with Crippen molar-refractivity contribution >= 4 is 5.82 Å². The average molecular weight is 188 g/mol. The zero-order valence-corrected chi connectivity index (χ0v) is 8.01. The molecule has 0 fully saturated rings. The molecule has 0 radical (unpaired) electrons. The van der Waals surface area contributed by atoms with Gasteiger partial charge in [-0.15, -0.1) is 0 Å². The zero-order chi connectivity index (χ0) is 9.80. The molecular weight excluding hydrogens is 176 g/mol. The second-order valence-corrected chi connectivity index (χ2v) is 2.97. The van der Waals surface area contributed by atoms with Gasteiger partial charge in [0.25, 0.3) is 0 Å². The van der Waals surface area contributed by atoms with Crippen LogP contribution in [0.25, 0.3) is 0 Å². The molecule has 1 N–H and O–H groups in total. The molecule has 0 spiro atoms. The first-order valence-electron chi connectivity index (χ1n) is 4.49. The Labute approximate surface area is 82.6 Å². The van der Waals surface area contributed by atoms with Crippen LogP contribution in [0.5, 0.6) is 0 Å². The summed E-state index contributed by atoms with van der Waals surface area (Å²) >= 11 is 0. The summed E-state index contributed by atoms with van der Waals surface area (Å²) in [4.78, 5) is 4.39. The number of hydrogen-bond acceptors (Lipinski definition) is 3. The molecule has 4 heteroatoms. The molecule has 0 bridgehead atoms. The van der Waals surface area contributed by atoms with Crippen molar-refractivity contribution in [2.75, 3.05) is 12.4 Å². The van der Waals surface area contributed by atoms with E-state index in [2.05, 4.69) is 15.4 Å². The van der Waals surface area contributed by atoms with E-state index in [4.69, 9.17) is 0 Å². The summed E-state index contributed by atoms with van der Waals surface area (Å²) in [6, 6.07) is 7.81. The molecule has 0 saturated heterocycles. The standard InChI is InChI=1S/C10H12N4/c1-11-10-5-2-4-9(13-10)8-14-7-3-6-12-14/h2-7H,8H2,1H3,(H,11,13). The fourth-order valence-corrected chi connectivity index (χ4v) is 1.27. The van der Waals surface area contributed by atoms with Gasteiger partial charge in [0.15, 0.2) is 0 Å². The van der Waals surface area contributed by atoms with Gasteiger partial charge in [-0.2, -0.15) is 5.10 Å². The highest BCUT2D eigenvalue weighted by Gasteiger charge is 1.97. The number of nitrogens with zero attached hydrogens (tertiary/aromatic N) is 3. The first-order valence-corrected chi connectivity index (χ1v) is 4.49. The topological polar surface area (TPSA) is 42.7 Å². The summed E-state index contributed by atoms with van der Waals surface area (Å²) < 4.78 is 1.85. The molecule has 2 aromatic rings. The van der Waals surface area contributed by atoms with Crippen molar-refractivity contribution in [3.8, 4) is 0 Å². The first kappa shape index (κ1) is 8.74. The maximum atomic E-state index is 4.39. The van der Waals surface area contributed by atoms with Crippen LogP contribution in [0.1, 0.15) is 5.69 Å². The lowest BCUT2D eigenvalue weighted by Crippen LogP contribution is -2.03. The molecule has 2 aromatic heterocycles. The highest BCUT2D eigenvalue weighted by molar-refractivity contribution is 5.34. The van der Waals surface area contributed by atoms with Crippen molar-refractivity contribution in [3.05, 3.63) is 42.4 Å². The van der Waals surface area contributed by atoms with Gasteiger partial charge >= 0.3 is 0 Å². The molecular formula is C10H12N4. The van der Waals surface area contributed by atoms with Crippen LogP contribution in [0.2, 0.25) is 0 Å². The third-order valence-corrected chi connectivity index (χ3v) is 1.95. The molecule has 0 atom stereocenters. The Bertz CT molecular complexity index is 394. The molecule has 0 aromatic carbocycles. The molecule has 0 amide bonds. The van der Waals surface area contributed by atoms with E-state index in [1.807, 2.05) is 42.2 Å². The predicted molar refractivity (Wildman–Crippen MR) is 55.1 cm³/mol. The molecule has 4 nitrogen and oxygen atoms in total. The number of aromatic nitrogens is 3. The van der Waals surface area contributed by atoms with Crippen molar-refractivity contribution in [2.45, 2.75) is 6.54 Å². The minimum atomic E-state index is 0.711. The van der Waals surface area contributed by atoms with Crippen LogP contribution >= 0.6 is 0 Å². The summed E-state index contributed by atoms with van der Waals surface area (Å²) in [5.74, 6) is 0.884. The van der Waals surface area contributed by atoms with Gasteiger partial charge in [0.1, 0.15) is 5.82 Å². The van der Waals surface area contributed by atoms with Crippen molar-refractivity contribution in [1.29, 1.82) is 0 Å². The van der Waals surface area contributed by atoms with E-state index in [1.165, 1.54) is 0 Å². The smallest absolute Gasteiger partial charge is 0.126 e. The molecule has 0 aliphatic heterocycles. The normalized spacial score (nSPS) is 10.1. The molecule has 0 aliphatic rings. The van der Waals surface area contributed by atoms with Gasteiger partial charge in [0, 0.05) is 19.4 Å². The largest absolute Gasteiger partial charge is 0.373 e. The SMILES string of the molecule is CNc1cccc(Cn2cccn2)n1. The Balaban J connectivity index is 2.17. The van der Waals surface area contributed by atoms with Crippen LogP contribution in [0, 0.1) is 0 Å². The Morgan fingerprint density at radius 1 is 1.36 bits per heavy atom. The molecule has 0 saturated carbocycles. The van der Waals surface area contributed by atoms with Gasteiger partial charge in [0.2, 0.25) is 0 Å². The minimum absolute atomic E-state index is 0.711. The van der Waals surface area contributed by atoms with E-state index in [1.54, 1.807) is 6.20 Å². The van der Waals surface area contributed by atoms with Crippen molar-refractivity contribution in [1.82, 2.24) is 14.8 Å². The molecule has 2 heterocycles. The molecule has 14 heavy (non-hydrogen) atoms. The quantitative estimate of drug-likeness (QED) is 0.791. The van der Waals surface area contributed by atoms with Crippen LogP contribution in [-0.4, -0.2) is 21.8 Å². The fraction of sp³-hybridized carbons (Fsp3) is 0.200. The second-order valence-electron chi connectivity index (χ2n) is 2.97. The van der Waals surface area contributed by atoms with Crippen LogP contribution in [0.15, 0.2) is 36.7 Å². The predicted octanol–water partition coefficient (Wildman–Crippen LogP) is 1.37. The highest BCUT2D eigenvalue weighted by Crippen LogP contribution is 2.04. The zero-order valence-electron chi connectivity index (χ0n) is 8.01. The maximum Gasteiger partial charge on any atom is 0.126 e. The maximum absolute atomic E-state index is 4.39. The Hall–Kier alpha value is -1.84. The Morgan fingerprint density at radius 3 is 3.00 bits per heavy atom. The van der Waals surface area contributed by atoms with E-state index in [-0.39, 0.29) is 0 Å². The second kappa shape index (κ2) is 3.91. The van der Waals surface area contributed by atoms with Crippen molar-refractivity contribution in [3.63, 3.8) is 0 Å². The van der Waals surface area contributed by atoms with Gasteiger partial charge in [0.05, 0.1) is 12.2 Å². The van der Waals surface area contributed by atoms with Crippen molar-refractivity contribution in [2.24, 2.45) is 0 Å². The van der Waals surface area contributed by atoms with E-state index >= 15 is 0 Å². The number of hydrogen-bond donors (Lipinski definition) is 1. The minimum Gasteiger partial charge on any atom is -0.373 e. The lowest BCUT2D eigenvalue weighted by molar-refractivity contribution is 0.673. The fourth-order valence-electron chi connectivity index (χ4n) is 1.27. The Morgan fingerprint density at radius 2 is 2.29 bits per heavy atom. The van der Waals surface area contributed by atoms with Gasteiger partial charge in [-0.25, -0.2) is 4.98 Å². The molecule has 0 aliphatic carbocycles. The summed E-state index contributed by atoms with van der Waals surface area (Å²) in [5, 5.41) is 7.13. The molecule has 2 rings (SSSR count). The lowest BCUT2D eigenvalue weighted by Gasteiger charge is -2.03. The number of anilines is 1. The van der Waals surface area contributed by atoms with E-state index in [9.17, 15) is 0 Å². The van der Waals surface area contributed by atoms with E-state index in [0.29, 0.717) is 6.54 Å². The van der Waals surface area contributed by atoms with Gasteiger partial charge in [-0.1, -0.05) is 6.07 Å². The third kappa shape index (κ3) is 1.90. The first-order chi connectivity index (χ1) is 6.88. The monoisotopic (exact) mass is 188 g/mol. The number of rotatable bonds is 3. The van der Waals surface area contributed by atoms with Crippen molar-refractivity contribution < 1.29 is 0 Å². The van der Waals surface area contributed by atoms with Crippen LogP contribution in [0.3, 0.4) is 0 Å². The van der Waals surface area contributed by atoms with Gasteiger partial charge in [-0.3, -0.25) is 4.68 Å². The summed E-state index contributed by atoms with van der Waals surface area (Å²) in [6.45, 7) is 0.711. The van der Waals surface area contributed by atoms with Gasteiger partial charge < -0.3 is 5.32 Å². The summed E-state index contributed by atoms with van der Waals surface area (Å²) in [6.07, 6.45) is 3.69. The number of pyridine rings is 1. The van der Waals surface area contributed by atoms with Crippen LogP contribution < -0.4 is 5.32 Å². The van der Waals surface area contributed by atoms with E-state index in [0.717, 1.165) is 11.5 Å². The Kier molecular flexibility index (Phi) is 2.44. The van der Waals surface area contributed by atoms with Gasteiger partial charge in [-0.05, 0) is 18.2 Å². The summed E-state index contributed by atoms with van der Waals surface area (Å²) in [7, 11) is 1.86. The highest BCUT2D eigenvalue weighted by atomic mass is 15.3. The van der Waals surface area contributed by atoms with E-state index < -0.39 is 0 Å². The number of nitrogens with one attached hydrogen (secondary N) is 1. The molecule has 72 valence electrons.